The molecular formula is C11H21NO4S. The van der Waals surface area contributed by atoms with Crippen molar-refractivity contribution in [2.75, 3.05) is 12.8 Å². The molecule has 1 fully saturated rings. The molecule has 1 heterocycles. The van der Waals surface area contributed by atoms with Gasteiger partial charge in [-0.3, -0.25) is 4.79 Å². The largest absolute Gasteiger partial charge is 0.459 e. The number of carbonyl (C=O) groups excluding carboxylic acids is 1. The Balaban J connectivity index is 2.82. The molecule has 0 aromatic heterocycles. The third kappa shape index (κ3) is 4.27. The number of hydrogen-bond acceptors (Lipinski definition) is 4. The van der Waals surface area contributed by atoms with E-state index in [0.29, 0.717) is 13.0 Å². The molecule has 0 bridgehead atoms. The summed E-state index contributed by atoms with van der Waals surface area (Å²) in [5, 5.41) is 0. The van der Waals surface area contributed by atoms with E-state index in [2.05, 4.69) is 0 Å². The molecule has 17 heavy (non-hydrogen) atoms. The zero-order chi connectivity index (χ0) is 13.3. The molecule has 1 rings (SSSR count). The van der Waals surface area contributed by atoms with Gasteiger partial charge in [0.25, 0.3) is 0 Å². The summed E-state index contributed by atoms with van der Waals surface area (Å²) < 4.78 is 29.7. The average molecular weight is 263 g/mol. The lowest BCUT2D eigenvalue weighted by atomic mass is 10.0. The Morgan fingerprint density at radius 3 is 2.35 bits per heavy atom. The molecule has 0 saturated carbocycles. The van der Waals surface area contributed by atoms with E-state index in [1.54, 1.807) is 20.8 Å². The second kappa shape index (κ2) is 4.94. The Hall–Kier alpha value is -0.620. The van der Waals surface area contributed by atoms with Gasteiger partial charge in [-0.2, -0.15) is 4.31 Å². The van der Waals surface area contributed by atoms with Crippen molar-refractivity contribution in [1.82, 2.24) is 4.31 Å². The van der Waals surface area contributed by atoms with E-state index in [9.17, 15) is 13.2 Å². The summed E-state index contributed by atoms with van der Waals surface area (Å²) in [6, 6.07) is -0.655. The average Bonchev–Trinajstić information content (AvgIpc) is 2.13. The number of hydrogen-bond donors (Lipinski definition) is 0. The third-order valence-electron chi connectivity index (χ3n) is 2.56. The first-order chi connectivity index (χ1) is 7.61. The van der Waals surface area contributed by atoms with Crippen LogP contribution in [0.2, 0.25) is 0 Å². The van der Waals surface area contributed by atoms with Gasteiger partial charge in [-0.1, -0.05) is 0 Å². The molecule has 0 spiro atoms. The van der Waals surface area contributed by atoms with Gasteiger partial charge in [0.15, 0.2) is 0 Å². The highest BCUT2D eigenvalue weighted by Crippen LogP contribution is 2.22. The maximum atomic E-state index is 11.9. The minimum Gasteiger partial charge on any atom is -0.459 e. The predicted molar refractivity (Wildman–Crippen MR) is 65.0 cm³/mol. The number of esters is 1. The lowest BCUT2D eigenvalue weighted by Crippen LogP contribution is -2.49. The minimum atomic E-state index is -3.34. The van der Waals surface area contributed by atoms with E-state index >= 15 is 0 Å². The normalized spacial score (nSPS) is 23.4. The highest BCUT2D eigenvalue weighted by molar-refractivity contribution is 7.88. The Morgan fingerprint density at radius 1 is 1.29 bits per heavy atom. The van der Waals surface area contributed by atoms with Crippen molar-refractivity contribution in [2.45, 2.75) is 51.7 Å². The Kier molecular flexibility index (Phi) is 4.19. The molecular weight excluding hydrogens is 242 g/mol. The number of piperidine rings is 1. The van der Waals surface area contributed by atoms with Gasteiger partial charge in [-0.05, 0) is 40.0 Å². The number of rotatable bonds is 2. The van der Waals surface area contributed by atoms with Crippen LogP contribution in [-0.2, 0) is 19.6 Å². The molecule has 0 aromatic carbocycles. The fourth-order valence-electron chi connectivity index (χ4n) is 1.91. The molecule has 6 heteroatoms. The first-order valence-electron chi connectivity index (χ1n) is 5.81. The van der Waals surface area contributed by atoms with Gasteiger partial charge < -0.3 is 4.74 Å². The molecule has 0 radical (unpaired) electrons. The second-order valence-corrected chi connectivity index (χ2v) is 7.35. The molecule has 0 amide bonds. The van der Waals surface area contributed by atoms with E-state index in [0.717, 1.165) is 19.1 Å². The zero-order valence-electron chi connectivity index (χ0n) is 10.9. The van der Waals surface area contributed by atoms with Crippen molar-refractivity contribution in [2.24, 2.45) is 0 Å². The molecule has 1 aliphatic heterocycles. The molecule has 1 saturated heterocycles. The Bertz CT molecular complexity index is 383. The van der Waals surface area contributed by atoms with Crippen LogP contribution in [0.1, 0.15) is 40.0 Å². The molecule has 0 aromatic rings. The summed E-state index contributed by atoms with van der Waals surface area (Å²) in [6.45, 7) is 5.73. The van der Waals surface area contributed by atoms with E-state index in [1.165, 1.54) is 4.31 Å². The van der Waals surface area contributed by atoms with E-state index in [1.807, 2.05) is 0 Å². The lowest BCUT2D eigenvalue weighted by Gasteiger charge is -2.33. The summed E-state index contributed by atoms with van der Waals surface area (Å²) in [4.78, 5) is 11.9. The molecule has 0 N–H and O–H groups in total. The van der Waals surface area contributed by atoms with Crippen LogP contribution in [0.4, 0.5) is 0 Å². The van der Waals surface area contributed by atoms with Gasteiger partial charge in [-0.25, -0.2) is 8.42 Å². The van der Waals surface area contributed by atoms with Crippen LogP contribution in [0.3, 0.4) is 0 Å². The quantitative estimate of drug-likeness (QED) is 0.701. The summed E-state index contributed by atoms with van der Waals surface area (Å²) in [6.07, 6.45) is 3.33. The molecule has 0 aliphatic carbocycles. The van der Waals surface area contributed by atoms with Crippen LogP contribution in [0, 0.1) is 0 Å². The maximum absolute atomic E-state index is 11.9. The SMILES string of the molecule is CC(C)(C)OC(=O)C1CCCCN1S(C)(=O)=O. The maximum Gasteiger partial charge on any atom is 0.324 e. The van der Waals surface area contributed by atoms with Gasteiger partial charge in [-0.15, -0.1) is 0 Å². The van der Waals surface area contributed by atoms with Crippen LogP contribution in [0.5, 0.6) is 0 Å². The van der Waals surface area contributed by atoms with Gasteiger partial charge in [0.2, 0.25) is 10.0 Å². The van der Waals surface area contributed by atoms with Gasteiger partial charge >= 0.3 is 5.97 Å². The summed E-state index contributed by atoms with van der Waals surface area (Å²) in [5.41, 5.74) is -0.586. The van der Waals surface area contributed by atoms with Crippen molar-refractivity contribution >= 4 is 16.0 Å². The number of nitrogens with zero attached hydrogens (tertiary/aromatic N) is 1. The topological polar surface area (TPSA) is 63.7 Å². The van der Waals surface area contributed by atoms with Crippen LogP contribution in [-0.4, -0.2) is 43.1 Å². The summed E-state index contributed by atoms with van der Waals surface area (Å²) in [5.74, 6) is -0.442. The summed E-state index contributed by atoms with van der Waals surface area (Å²) in [7, 11) is -3.34. The van der Waals surface area contributed by atoms with Crippen molar-refractivity contribution in [3.63, 3.8) is 0 Å². The highest BCUT2D eigenvalue weighted by Gasteiger charge is 2.36. The first kappa shape index (κ1) is 14.4. The van der Waals surface area contributed by atoms with E-state index in [-0.39, 0.29) is 0 Å². The second-order valence-electron chi connectivity index (χ2n) is 5.42. The van der Waals surface area contributed by atoms with E-state index in [4.69, 9.17) is 4.74 Å². The number of carbonyl (C=O) groups is 1. The van der Waals surface area contributed by atoms with E-state index < -0.39 is 27.6 Å². The third-order valence-corrected chi connectivity index (χ3v) is 3.85. The number of sulfonamides is 1. The van der Waals surface area contributed by atoms with Crippen LogP contribution in [0.15, 0.2) is 0 Å². The monoisotopic (exact) mass is 263 g/mol. The summed E-state index contributed by atoms with van der Waals surface area (Å²) >= 11 is 0. The lowest BCUT2D eigenvalue weighted by molar-refractivity contribution is -0.160. The fraction of sp³-hybridized carbons (Fsp3) is 0.909. The molecule has 100 valence electrons. The zero-order valence-corrected chi connectivity index (χ0v) is 11.7. The van der Waals surface area contributed by atoms with Crippen molar-refractivity contribution < 1.29 is 17.9 Å². The van der Waals surface area contributed by atoms with Gasteiger partial charge in [0.05, 0.1) is 6.26 Å². The van der Waals surface area contributed by atoms with Crippen LogP contribution < -0.4 is 0 Å². The van der Waals surface area contributed by atoms with Crippen LogP contribution >= 0.6 is 0 Å². The fourth-order valence-corrected chi connectivity index (χ4v) is 3.02. The molecule has 5 nitrogen and oxygen atoms in total. The van der Waals surface area contributed by atoms with Gasteiger partial charge in [0.1, 0.15) is 11.6 Å². The standard InChI is InChI=1S/C11H21NO4S/c1-11(2,3)16-10(13)9-7-5-6-8-12(9)17(4,14)15/h9H,5-8H2,1-4H3. The Morgan fingerprint density at radius 2 is 1.88 bits per heavy atom. The highest BCUT2D eigenvalue weighted by atomic mass is 32.2. The smallest absolute Gasteiger partial charge is 0.324 e. The Labute approximate surface area is 103 Å². The van der Waals surface area contributed by atoms with Crippen LogP contribution in [0.25, 0.3) is 0 Å². The minimum absolute atomic E-state index is 0.405. The molecule has 1 aliphatic rings. The van der Waals surface area contributed by atoms with Crippen molar-refractivity contribution in [3.8, 4) is 0 Å². The first-order valence-corrected chi connectivity index (χ1v) is 7.66. The predicted octanol–water partition coefficient (Wildman–Crippen LogP) is 1.14. The molecule has 1 unspecified atom stereocenters. The molecule has 1 atom stereocenters. The van der Waals surface area contributed by atoms with Crippen molar-refractivity contribution in [1.29, 1.82) is 0 Å². The van der Waals surface area contributed by atoms with Crippen molar-refractivity contribution in [3.05, 3.63) is 0 Å². The number of ether oxygens (including phenoxy) is 1. The van der Waals surface area contributed by atoms with Gasteiger partial charge in [0, 0.05) is 6.54 Å².